The van der Waals surface area contributed by atoms with Crippen molar-refractivity contribution in [2.75, 3.05) is 6.54 Å². The summed E-state index contributed by atoms with van der Waals surface area (Å²) in [4.78, 5) is 31.9. The molecular formula is C12H17N3O3. The van der Waals surface area contributed by atoms with Gasteiger partial charge in [-0.05, 0) is 19.3 Å². The van der Waals surface area contributed by atoms with Crippen LogP contribution in [0.3, 0.4) is 0 Å². The second kappa shape index (κ2) is 4.80. The van der Waals surface area contributed by atoms with Crippen molar-refractivity contribution in [3.05, 3.63) is 18.2 Å². The number of aromatic amines is 1. The Morgan fingerprint density at radius 1 is 1.61 bits per heavy atom. The Labute approximate surface area is 105 Å². The number of aliphatic carboxylic acids is 1. The van der Waals surface area contributed by atoms with E-state index in [2.05, 4.69) is 9.97 Å². The normalized spacial score (nSPS) is 23.3. The standard InChI is InChI=1S/C12H17N3O3/c1-2-4-12(11(17)18)5-3-6-15(12)10(16)9-7-13-8-14-9/h7-8H,2-6H2,1H3,(H,13,14)(H,17,18). The van der Waals surface area contributed by atoms with E-state index in [-0.39, 0.29) is 5.91 Å². The van der Waals surface area contributed by atoms with Crippen molar-refractivity contribution in [3.8, 4) is 0 Å². The molecule has 1 amide bonds. The lowest BCUT2D eigenvalue weighted by molar-refractivity contribution is -0.148. The van der Waals surface area contributed by atoms with Crippen molar-refractivity contribution in [2.45, 2.75) is 38.1 Å². The number of nitrogens with one attached hydrogen (secondary N) is 1. The van der Waals surface area contributed by atoms with E-state index in [4.69, 9.17) is 0 Å². The highest BCUT2D eigenvalue weighted by molar-refractivity contribution is 5.96. The molecule has 18 heavy (non-hydrogen) atoms. The van der Waals surface area contributed by atoms with Gasteiger partial charge < -0.3 is 15.0 Å². The fourth-order valence-corrected chi connectivity index (χ4v) is 2.70. The monoisotopic (exact) mass is 251 g/mol. The number of nitrogens with zero attached hydrogens (tertiary/aromatic N) is 2. The number of hydrogen-bond acceptors (Lipinski definition) is 3. The van der Waals surface area contributed by atoms with Gasteiger partial charge in [-0.15, -0.1) is 0 Å². The van der Waals surface area contributed by atoms with E-state index in [0.29, 0.717) is 25.1 Å². The van der Waals surface area contributed by atoms with E-state index in [0.717, 1.165) is 12.8 Å². The molecule has 1 aliphatic rings. The lowest BCUT2D eigenvalue weighted by atomic mass is 9.90. The van der Waals surface area contributed by atoms with Gasteiger partial charge in [0.1, 0.15) is 11.2 Å². The number of carboxylic acids is 1. The highest BCUT2D eigenvalue weighted by Crippen LogP contribution is 2.34. The first-order chi connectivity index (χ1) is 8.62. The summed E-state index contributed by atoms with van der Waals surface area (Å²) in [6.45, 7) is 2.42. The summed E-state index contributed by atoms with van der Waals surface area (Å²) in [6, 6.07) is 0. The second-order valence-electron chi connectivity index (χ2n) is 4.61. The number of carbonyl (C=O) groups is 2. The Balaban J connectivity index is 2.30. The predicted octanol–water partition coefficient (Wildman–Crippen LogP) is 1.27. The number of carboxylic acid groups (broad SMARTS) is 1. The quantitative estimate of drug-likeness (QED) is 0.843. The Hall–Kier alpha value is -1.85. The lowest BCUT2D eigenvalue weighted by Gasteiger charge is -2.34. The Bertz CT molecular complexity index is 443. The van der Waals surface area contributed by atoms with Crippen molar-refractivity contribution < 1.29 is 14.7 Å². The van der Waals surface area contributed by atoms with Crippen LogP contribution in [0.2, 0.25) is 0 Å². The molecule has 98 valence electrons. The molecule has 6 nitrogen and oxygen atoms in total. The predicted molar refractivity (Wildman–Crippen MR) is 64.1 cm³/mol. The largest absolute Gasteiger partial charge is 0.479 e. The van der Waals surface area contributed by atoms with Gasteiger partial charge in [0, 0.05) is 6.54 Å². The average molecular weight is 251 g/mol. The maximum absolute atomic E-state index is 12.3. The topological polar surface area (TPSA) is 86.3 Å². The lowest BCUT2D eigenvalue weighted by Crippen LogP contribution is -2.53. The third-order valence-corrected chi connectivity index (χ3v) is 3.52. The summed E-state index contributed by atoms with van der Waals surface area (Å²) in [7, 11) is 0. The first-order valence-corrected chi connectivity index (χ1v) is 6.15. The fraction of sp³-hybridized carbons (Fsp3) is 0.583. The molecule has 1 aliphatic heterocycles. The van der Waals surface area contributed by atoms with E-state index in [9.17, 15) is 14.7 Å². The number of aromatic nitrogens is 2. The molecule has 0 spiro atoms. The van der Waals surface area contributed by atoms with Gasteiger partial charge in [0.2, 0.25) is 0 Å². The molecular weight excluding hydrogens is 234 g/mol. The molecule has 6 heteroatoms. The molecule has 2 rings (SSSR count). The van der Waals surface area contributed by atoms with Gasteiger partial charge >= 0.3 is 5.97 Å². The number of amides is 1. The number of H-pyrrole nitrogens is 1. The van der Waals surface area contributed by atoms with E-state index in [1.54, 1.807) is 0 Å². The zero-order chi connectivity index (χ0) is 13.2. The van der Waals surface area contributed by atoms with Crippen LogP contribution in [-0.2, 0) is 4.79 Å². The van der Waals surface area contributed by atoms with Crippen LogP contribution in [0.1, 0.15) is 43.1 Å². The average Bonchev–Trinajstić information content (AvgIpc) is 2.98. The van der Waals surface area contributed by atoms with Gasteiger partial charge in [0.25, 0.3) is 5.91 Å². The van der Waals surface area contributed by atoms with Crippen LogP contribution < -0.4 is 0 Å². The molecule has 1 aromatic heterocycles. The van der Waals surface area contributed by atoms with E-state index in [1.165, 1.54) is 17.4 Å². The van der Waals surface area contributed by atoms with Crippen LogP contribution in [0, 0.1) is 0 Å². The Kier molecular flexibility index (Phi) is 3.36. The number of carbonyl (C=O) groups excluding carboxylic acids is 1. The molecule has 1 aromatic rings. The molecule has 0 aromatic carbocycles. The summed E-state index contributed by atoms with van der Waals surface area (Å²) >= 11 is 0. The van der Waals surface area contributed by atoms with Gasteiger partial charge in [0.05, 0.1) is 12.5 Å². The second-order valence-corrected chi connectivity index (χ2v) is 4.61. The molecule has 0 radical (unpaired) electrons. The fourth-order valence-electron chi connectivity index (χ4n) is 2.70. The summed E-state index contributed by atoms with van der Waals surface area (Å²) in [6.07, 6.45) is 5.33. The van der Waals surface area contributed by atoms with E-state index in [1.807, 2.05) is 6.92 Å². The van der Waals surface area contributed by atoms with Crippen LogP contribution in [0.4, 0.5) is 0 Å². The third kappa shape index (κ3) is 1.87. The van der Waals surface area contributed by atoms with Crippen molar-refractivity contribution in [1.29, 1.82) is 0 Å². The minimum absolute atomic E-state index is 0.277. The minimum Gasteiger partial charge on any atom is -0.479 e. The molecule has 1 atom stereocenters. The molecule has 0 bridgehead atoms. The highest BCUT2D eigenvalue weighted by atomic mass is 16.4. The van der Waals surface area contributed by atoms with Crippen LogP contribution in [0.15, 0.2) is 12.5 Å². The van der Waals surface area contributed by atoms with Crippen molar-refractivity contribution in [2.24, 2.45) is 0 Å². The number of likely N-dealkylation sites (tertiary alicyclic amines) is 1. The first kappa shape index (κ1) is 12.6. The number of hydrogen-bond donors (Lipinski definition) is 2. The van der Waals surface area contributed by atoms with Crippen molar-refractivity contribution in [1.82, 2.24) is 14.9 Å². The maximum Gasteiger partial charge on any atom is 0.329 e. The smallest absolute Gasteiger partial charge is 0.329 e. The van der Waals surface area contributed by atoms with Crippen molar-refractivity contribution in [3.63, 3.8) is 0 Å². The Morgan fingerprint density at radius 3 is 2.94 bits per heavy atom. The minimum atomic E-state index is -1.04. The summed E-state index contributed by atoms with van der Waals surface area (Å²) in [5.74, 6) is -1.18. The van der Waals surface area contributed by atoms with E-state index < -0.39 is 11.5 Å². The van der Waals surface area contributed by atoms with Crippen LogP contribution >= 0.6 is 0 Å². The highest BCUT2D eigenvalue weighted by Gasteiger charge is 2.49. The zero-order valence-corrected chi connectivity index (χ0v) is 10.3. The molecule has 1 unspecified atom stereocenters. The molecule has 0 saturated carbocycles. The van der Waals surface area contributed by atoms with Crippen LogP contribution in [0.5, 0.6) is 0 Å². The van der Waals surface area contributed by atoms with Gasteiger partial charge in [0.15, 0.2) is 0 Å². The molecule has 1 fully saturated rings. The van der Waals surface area contributed by atoms with Gasteiger partial charge in [-0.3, -0.25) is 4.79 Å². The zero-order valence-electron chi connectivity index (χ0n) is 10.3. The molecule has 0 aliphatic carbocycles. The van der Waals surface area contributed by atoms with Crippen LogP contribution in [-0.4, -0.2) is 43.9 Å². The van der Waals surface area contributed by atoms with Crippen molar-refractivity contribution >= 4 is 11.9 Å². The summed E-state index contributed by atoms with van der Waals surface area (Å²) < 4.78 is 0. The summed E-state index contributed by atoms with van der Waals surface area (Å²) in [5, 5.41) is 9.49. The molecule has 2 N–H and O–H groups in total. The number of rotatable bonds is 4. The van der Waals surface area contributed by atoms with E-state index >= 15 is 0 Å². The van der Waals surface area contributed by atoms with Crippen LogP contribution in [0.25, 0.3) is 0 Å². The SMILES string of the molecule is CCCC1(C(=O)O)CCCN1C(=O)c1cnc[nH]1. The third-order valence-electron chi connectivity index (χ3n) is 3.52. The number of imidazole rings is 1. The molecule has 2 heterocycles. The van der Waals surface area contributed by atoms with Gasteiger partial charge in [-0.2, -0.15) is 0 Å². The molecule has 1 saturated heterocycles. The summed E-state index contributed by atoms with van der Waals surface area (Å²) in [5.41, 5.74) is -0.699. The maximum atomic E-state index is 12.3. The first-order valence-electron chi connectivity index (χ1n) is 6.15. The van der Waals surface area contributed by atoms with Gasteiger partial charge in [-0.1, -0.05) is 13.3 Å². The van der Waals surface area contributed by atoms with Gasteiger partial charge in [-0.25, -0.2) is 9.78 Å². The Morgan fingerprint density at radius 2 is 2.39 bits per heavy atom.